The first kappa shape index (κ1) is 14.9. The van der Waals surface area contributed by atoms with Gasteiger partial charge in [0.2, 0.25) is 0 Å². The first-order valence-corrected chi connectivity index (χ1v) is 7.82. The van der Waals surface area contributed by atoms with Crippen LogP contribution in [0.5, 0.6) is 0 Å². The molecule has 0 bridgehead atoms. The standard InChI is InChI=1S/C15H17Cl2NS/c1-9-4-7-15(19-9)11(3)18-10(2)13-6-5-12(16)8-14(13)17/h4-8,10-11,18H,1-3H3. The minimum atomic E-state index is 0.183. The Kier molecular flexibility index (Phi) is 4.91. The maximum absolute atomic E-state index is 6.24. The van der Waals surface area contributed by atoms with Gasteiger partial charge in [0.25, 0.3) is 0 Å². The number of hydrogen-bond donors (Lipinski definition) is 1. The van der Waals surface area contributed by atoms with Gasteiger partial charge in [-0.15, -0.1) is 11.3 Å². The van der Waals surface area contributed by atoms with Crippen LogP contribution in [0.2, 0.25) is 10.0 Å². The summed E-state index contributed by atoms with van der Waals surface area (Å²) in [4.78, 5) is 2.68. The summed E-state index contributed by atoms with van der Waals surface area (Å²) in [6.45, 7) is 6.41. The van der Waals surface area contributed by atoms with Gasteiger partial charge in [-0.05, 0) is 50.6 Å². The number of thiophene rings is 1. The van der Waals surface area contributed by atoms with Gasteiger partial charge in [-0.25, -0.2) is 0 Å². The van der Waals surface area contributed by atoms with E-state index < -0.39 is 0 Å². The van der Waals surface area contributed by atoms with Crippen LogP contribution < -0.4 is 5.32 Å². The SMILES string of the molecule is Cc1ccc(C(C)NC(C)c2ccc(Cl)cc2Cl)s1. The van der Waals surface area contributed by atoms with Gasteiger partial charge in [0.1, 0.15) is 0 Å². The molecule has 0 aliphatic carbocycles. The molecule has 2 rings (SSSR count). The lowest BCUT2D eigenvalue weighted by molar-refractivity contribution is 0.500. The maximum atomic E-state index is 6.24. The average molecular weight is 314 g/mol. The summed E-state index contributed by atoms with van der Waals surface area (Å²) in [5.74, 6) is 0. The molecule has 0 radical (unpaired) electrons. The zero-order valence-electron chi connectivity index (χ0n) is 11.2. The van der Waals surface area contributed by atoms with Crippen LogP contribution in [-0.2, 0) is 0 Å². The van der Waals surface area contributed by atoms with E-state index >= 15 is 0 Å². The summed E-state index contributed by atoms with van der Waals surface area (Å²) in [6.07, 6.45) is 0. The molecule has 0 amide bonds. The zero-order valence-corrected chi connectivity index (χ0v) is 13.5. The molecule has 1 N–H and O–H groups in total. The van der Waals surface area contributed by atoms with Crippen molar-refractivity contribution in [2.45, 2.75) is 32.9 Å². The molecule has 2 atom stereocenters. The molecule has 0 aliphatic rings. The van der Waals surface area contributed by atoms with Crippen LogP contribution in [0.15, 0.2) is 30.3 Å². The van der Waals surface area contributed by atoms with Crippen LogP contribution in [0.1, 0.15) is 41.2 Å². The summed E-state index contributed by atoms with van der Waals surface area (Å²) in [6, 6.07) is 10.5. The first-order valence-electron chi connectivity index (χ1n) is 6.24. The summed E-state index contributed by atoms with van der Waals surface area (Å²) >= 11 is 14.0. The van der Waals surface area contributed by atoms with Crippen LogP contribution >= 0.6 is 34.5 Å². The number of nitrogens with one attached hydrogen (secondary N) is 1. The highest BCUT2D eigenvalue weighted by Gasteiger charge is 2.14. The number of hydrogen-bond acceptors (Lipinski definition) is 2. The van der Waals surface area contributed by atoms with Gasteiger partial charge in [-0.2, -0.15) is 0 Å². The third-order valence-corrected chi connectivity index (χ3v) is 4.86. The fraction of sp³-hybridized carbons (Fsp3) is 0.333. The summed E-state index contributed by atoms with van der Waals surface area (Å²) in [7, 11) is 0. The molecule has 0 fully saturated rings. The molecular weight excluding hydrogens is 297 g/mol. The van der Waals surface area contributed by atoms with E-state index in [-0.39, 0.29) is 6.04 Å². The molecule has 0 saturated carbocycles. The van der Waals surface area contributed by atoms with Gasteiger partial charge >= 0.3 is 0 Å². The van der Waals surface area contributed by atoms with Crippen molar-refractivity contribution < 1.29 is 0 Å². The third-order valence-electron chi connectivity index (χ3n) is 3.12. The molecule has 0 spiro atoms. The molecule has 0 aliphatic heterocycles. The van der Waals surface area contributed by atoms with Crippen LogP contribution in [0.3, 0.4) is 0 Å². The van der Waals surface area contributed by atoms with Crippen LogP contribution in [0, 0.1) is 6.92 Å². The van der Waals surface area contributed by atoms with E-state index in [4.69, 9.17) is 23.2 Å². The van der Waals surface area contributed by atoms with Crippen molar-refractivity contribution in [2.24, 2.45) is 0 Å². The van der Waals surface area contributed by atoms with Crippen LogP contribution in [-0.4, -0.2) is 0 Å². The summed E-state index contributed by atoms with van der Waals surface area (Å²) in [5, 5.41) is 4.95. The highest BCUT2D eigenvalue weighted by atomic mass is 35.5. The van der Waals surface area contributed by atoms with Crippen molar-refractivity contribution in [1.29, 1.82) is 0 Å². The maximum Gasteiger partial charge on any atom is 0.0468 e. The second-order valence-corrected chi connectivity index (χ2v) is 6.89. The number of aryl methyl sites for hydroxylation is 1. The average Bonchev–Trinajstić information content (AvgIpc) is 2.75. The van der Waals surface area contributed by atoms with Crippen LogP contribution in [0.25, 0.3) is 0 Å². The van der Waals surface area contributed by atoms with Crippen molar-refractivity contribution in [3.63, 3.8) is 0 Å². The zero-order chi connectivity index (χ0) is 14.0. The Bertz CT molecular complexity index is 565. The Hall–Kier alpha value is -0.540. The number of halogens is 2. The topological polar surface area (TPSA) is 12.0 Å². The highest BCUT2D eigenvalue weighted by molar-refractivity contribution is 7.12. The van der Waals surface area contributed by atoms with Gasteiger partial charge in [-0.3, -0.25) is 0 Å². The molecule has 0 saturated heterocycles. The highest BCUT2D eigenvalue weighted by Crippen LogP contribution is 2.29. The molecule has 1 nitrogen and oxygen atoms in total. The van der Waals surface area contributed by atoms with Crippen molar-refractivity contribution in [3.05, 3.63) is 55.7 Å². The largest absolute Gasteiger partial charge is 0.303 e. The fourth-order valence-corrected chi connectivity index (χ4v) is 3.55. The molecule has 1 heterocycles. The molecular formula is C15H17Cl2NS. The van der Waals surface area contributed by atoms with Crippen molar-refractivity contribution >= 4 is 34.5 Å². The van der Waals surface area contributed by atoms with Gasteiger partial charge in [-0.1, -0.05) is 29.3 Å². The normalized spacial score (nSPS) is 14.4. The van der Waals surface area contributed by atoms with E-state index in [0.717, 1.165) is 5.56 Å². The predicted octanol–water partition coefficient (Wildman–Crippen LogP) is 5.78. The molecule has 1 aromatic carbocycles. The monoisotopic (exact) mass is 313 g/mol. The van der Waals surface area contributed by atoms with Gasteiger partial charge < -0.3 is 5.32 Å². The molecule has 19 heavy (non-hydrogen) atoms. The van der Waals surface area contributed by atoms with Crippen molar-refractivity contribution in [3.8, 4) is 0 Å². The quantitative estimate of drug-likeness (QED) is 0.755. The number of benzene rings is 1. The molecule has 4 heteroatoms. The molecule has 2 unspecified atom stereocenters. The predicted molar refractivity (Wildman–Crippen MR) is 85.5 cm³/mol. The fourth-order valence-electron chi connectivity index (χ4n) is 2.09. The Labute approximate surface area is 128 Å². The van der Waals surface area contributed by atoms with E-state index in [2.05, 4.69) is 38.2 Å². The smallest absolute Gasteiger partial charge is 0.0468 e. The van der Waals surface area contributed by atoms with Crippen LogP contribution in [0.4, 0.5) is 0 Å². The lowest BCUT2D eigenvalue weighted by Crippen LogP contribution is -2.22. The van der Waals surface area contributed by atoms with Gasteiger partial charge in [0.05, 0.1) is 0 Å². The minimum Gasteiger partial charge on any atom is -0.303 e. The third kappa shape index (κ3) is 3.73. The van der Waals surface area contributed by atoms with E-state index in [1.54, 1.807) is 6.07 Å². The van der Waals surface area contributed by atoms with E-state index in [1.165, 1.54) is 9.75 Å². The number of rotatable bonds is 4. The molecule has 102 valence electrons. The first-order chi connectivity index (χ1) is 8.97. The van der Waals surface area contributed by atoms with E-state index in [9.17, 15) is 0 Å². The second-order valence-electron chi connectivity index (χ2n) is 4.72. The Morgan fingerprint density at radius 3 is 2.37 bits per heavy atom. The van der Waals surface area contributed by atoms with Crippen molar-refractivity contribution in [2.75, 3.05) is 0 Å². The lowest BCUT2D eigenvalue weighted by Gasteiger charge is -2.20. The van der Waals surface area contributed by atoms with Crippen molar-refractivity contribution in [1.82, 2.24) is 5.32 Å². The summed E-state index contributed by atoms with van der Waals surface area (Å²) in [5.41, 5.74) is 1.08. The Balaban J connectivity index is 2.10. The van der Waals surface area contributed by atoms with Gasteiger partial charge in [0.15, 0.2) is 0 Å². The van der Waals surface area contributed by atoms with E-state index in [0.29, 0.717) is 16.1 Å². The Morgan fingerprint density at radius 2 is 1.79 bits per heavy atom. The summed E-state index contributed by atoms with van der Waals surface area (Å²) < 4.78 is 0. The molecule has 1 aromatic heterocycles. The molecule has 2 aromatic rings. The minimum absolute atomic E-state index is 0.183. The second kappa shape index (κ2) is 6.27. The Morgan fingerprint density at radius 1 is 1.05 bits per heavy atom. The lowest BCUT2D eigenvalue weighted by atomic mass is 10.1. The van der Waals surface area contributed by atoms with E-state index in [1.807, 2.05) is 23.5 Å². The van der Waals surface area contributed by atoms with Gasteiger partial charge in [0, 0.05) is 31.9 Å².